The molecule has 0 aliphatic carbocycles. The van der Waals surface area contributed by atoms with Gasteiger partial charge in [-0.25, -0.2) is 4.98 Å². The minimum atomic E-state index is -4.46. The van der Waals surface area contributed by atoms with Crippen LogP contribution in [-0.2, 0) is 11.0 Å². The predicted octanol–water partition coefficient (Wildman–Crippen LogP) is 4.09. The van der Waals surface area contributed by atoms with E-state index in [1.54, 1.807) is 31.0 Å². The molecule has 0 saturated heterocycles. The first kappa shape index (κ1) is 21.4. The molecular formula is C20H20F3N5O2. The van der Waals surface area contributed by atoms with E-state index in [0.29, 0.717) is 5.82 Å². The van der Waals surface area contributed by atoms with Crippen molar-refractivity contribution in [2.45, 2.75) is 26.1 Å². The molecule has 1 unspecified atom stereocenters. The van der Waals surface area contributed by atoms with Gasteiger partial charge in [-0.2, -0.15) is 18.2 Å². The summed E-state index contributed by atoms with van der Waals surface area (Å²) in [6.07, 6.45) is -4.46. The highest BCUT2D eigenvalue weighted by molar-refractivity contribution is 5.91. The zero-order valence-corrected chi connectivity index (χ0v) is 16.6. The van der Waals surface area contributed by atoms with Gasteiger partial charge in [0.15, 0.2) is 0 Å². The number of pyridine rings is 1. The minimum Gasteiger partial charge on any atom is -0.337 e. The lowest BCUT2D eigenvalue weighted by Gasteiger charge is -2.20. The number of likely N-dealkylation sites (N-methyl/N-ethyl adjacent to an activating group) is 1. The Morgan fingerprint density at radius 3 is 2.63 bits per heavy atom. The van der Waals surface area contributed by atoms with Gasteiger partial charge >= 0.3 is 6.18 Å². The molecule has 1 atom stereocenters. The number of nitrogens with zero attached hydrogens (tertiary/aromatic N) is 4. The number of hydrogen-bond acceptors (Lipinski definition) is 6. The van der Waals surface area contributed by atoms with Crippen molar-refractivity contribution >= 4 is 11.7 Å². The monoisotopic (exact) mass is 419 g/mol. The van der Waals surface area contributed by atoms with Crippen LogP contribution in [0.15, 0.2) is 47.0 Å². The number of anilines is 1. The van der Waals surface area contributed by atoms with Gasteiger partial charge in [0.05, 0.1) is 18.2 Å². The lowest BCUT2D eigenvalue weighted by atomic mass is 10.1. The Morgan fingerprint density at radius 1 is 1.20 bits per heavy atom. The Balaban J connectivity index is 1.67. The van der Waals surface area contributed by atoms with E-state index in [1.807, 2.05) is 13.0 Å². The van der Waals surface area contributed by atoms with Gasteiger partial charge in [-0.3, -0.25) is 9.69 Å². The van der Waals surface area contributed by atoms with Gasteiger partial charge < -0.3 is 9.84 Å². The molecule has 0 aliphatic heterocycles. The molecule has 30 heavy (non-hydrogen) atoms. The number of alkyl halides is 3. The third-order valence-corrected chi connectivity index (χ3v) is 4.46. The zero-order chi connectivity index (χ0) is 21.9. The summed E-state index contributed by atoms with van der Waals surface area (Å²) in [5, 5.41) is 6.49. The van der Waals surface area contributed by atoms with Crippen LogP contribution in [0.4, 0.5) is 19.0 Å². The standard InChI is InChI=1S/C20H20F3N5O2/c1-12-6-4-9-16(24-12)25-17(29)11-28(3)13(2)19-26-18(27-30-19)14-7-5-8-15(10-14)20(21,22)23/h4-10,13H,11H2,1-3H3,(H,24,25,29). The van der Waals surface area contributed by atoms with E-state index in [4.69, 9.17) is 4.52 Å². The minimum absolute atomic E-state index is 0.0259. The fourth-order valence-corrected chi connectivity index (χ4v) is 2.70. The molecule has 2 aromatic heterocycles. The maximum atomic E-state index is 12.9. The number of carbonyl (C=O) groups is 1. The van der Waals surface area contributed by atoms with Crippen molar-refractivity contribution in [2.75, 3.05) is 18.9 Å². The fourth-order valence-electron chi connectivity index (χ4n) is 2.70. The van der Waals surface area contributed by atoms with Crippen LogP contribution in [0, 0.1) is 6.92 Å². The van der Waals surface area contributed by atoms with Gasteiger partial charge in [-0.15, -0.1) is 0 Å². The average molecular weight is 419 g/mol. The first-order valence-corrected chi connectivity index (χ1v) is 9.08. The van der Waals surface area contributed by atoms with E-state index in [1.165, 1.54) is 12.1 Å². The molecule has 0 spiro atoms. The number of carbonyl (C=O) groups excluding carboxylic acids is 1. The topological polar surface area (TPSA) is 84.2 Å². The molecule has 0 radical (unpaired) electrons. The van der Waals surface area contributed by atoms with Crippen LogP contribution in [0.1, 0.15) is 30.1 Å². The molecule has 3 aromatic rings. The molecule has 0 bridgehead atoms. The zero-order valence-electron chi connectivity index (χ0n) is 16.6. The summed E-state index contributed by atoms with van der Waals surface area (Å²) in [5.41, 5.74) is 0.179. The van der Waals surface area contributed by atoms with Gasteiger partial charge in [-0.1, -0.05) is 23.4 Å². The molecule has 2 heterocycles. The maximum absolute atomic E-state index is 12.9. The van der Waals surface area contributed by atoms with E-state index in [2.05, 4.69) is 20.4 Å². The largest absolute Gasteiger partial charge is 0.416 e. The predicted molar refractivity (Wildman–Crippen MR) is 103 cm³/mol. The molecule has 158 valence electrons. The second kappa shape index (κ2) is 8.62. The number of nitrogens with one attached hydrogen (secondary N) is 1. The Morgan fingerprint density at radius 2 is 1.93 bits per heavy atom. The van der Waals surface area contributed by atoms with Crippen molar-refractivity contribution < 1.29 is 22.5 Å². The first-order chi connectivity index (χ1) is 14.1. The van der Waals surface area contributed by atoms with E-state index in [0.717, 1.165) is 17.8 Å². The molecule has 1 amide bonds. The van der Waals surface area contributed by atoms with E-state index in [9.17, 15) is 18.0 Å². The SMILES string of the molecule is Cc1cccc(NC(=O)CN(C)C(C)c2nc(-c3cccc(C(F)(F)F)c3)no2)n1. The first-order valence-electron chi connectivity index (χ1n) is 9.08. The molecule has 0 saturated carbocycles. The van der Waals surface area contributed by atoms with Gasteiger partial charge in [-0.05, 0) is 45.2 Å². The van der Waals surface area contributed by atoms with Crippen molar-refractivity contribution in [2.24, 2.45) is 0 Å². The summed E-state index contributed by atoms with van der Waals surface area (Å²) < 4.78 is 43.9. The van der Waals surface area contributed by atoms with E-state index >= 15 is 0 Å². The number of aromatic nitrogens is 3. The number of hydrogen-bond donors (Lipinski definition) is 1. The van der Waals surface area contributed by atoms with Crippen molar-refractivity contribution in [3.05, 3.63) is 59.6 Å². The lowest BCUT2D eigenvalue weighted by Crippen LogP contribution is -2.32. The molecule has 0 aliphatic rings. The van der Waals surface area contributed by atoms with Gasteiger partial charge in [0.1, 0.15) is 5.82 Å². The molecule has 1 N–H and O–H groups in total. The van der Waals surface area contributed by atoms with Gasteiger partial charge in [0.2, 0.25) is 17.6 Å². The van der Waals surface area contributed by atoms with Crippen molar-refractivity contribution in [1.29, 1.82) is 0 Å². The summed E-state index contributed by atoms with van der Waals surface area (Å²) in [7, 11) is 1.70. The Bertz CT molecular complexity index is 1040. The van der Waals surface area contributed by atoms with Crippen LogP contribution in [0.25, 0.3) is 11.4 Å². The quantitative estimate of drug-likeness (QED) is 0.648. The molecular weight excluding hydrogens is 399 g/mol. The average Bonchev–Trinajstić information content (AvgIpc) is 3.17. The summed E-state index contributed by atoms with van der Waals surface area (Å²) in [4.78, 5) is 22.3. The third kappa shape index (κ3) is 5.20. The van der Waals surface area contributed by atoms with Crippen molar-refractivity contribution in [1.82, 2.24) is 20.0 Å². The van der Waals surface area contributed by atoms with Crippen LogP contribution < -0.4 is 5.32 Å². The highest BCUT2D eigenvalue weighted by Gasteiger charge is 2.31. The summed E-state index contributed by atoms with van der Waals surface area (Å²) in [6.45, 7) is 3.60. The van der Waals surface area contributed by atoms with Crippen LogP contribution in [0.2, 0.25) is 0 Å². The summed E-state index contributed by atoms with van der Waals surface area (Å²) >= 11 is 0. The lowest BCUT2D eigenvalue weighted by molar-refractivity contribution is -0.137. The van der Waals surface area contributed by atoms with Crippen LogP contribution in [0.3, 0.4) is 0 Å². The van der Waals surface area contributed by atoms with E-state index < -0.39 is 17.8 Å². The van der Waals surface area contributed by atoms with Gasteiger partial charge in [0, 0.05) is 11.3 Å². The molecule has 3 rings (SSSR count). The highest BCUT2D eigenvalue weighted by Crippen LogP contribution is 2.31. The number of rotatable bonds is 6. The van der Waals surface area contributed by atoms with Crippen LogP contribution in [0.5, 0.6) is 0 Å². The normalized spacial score (nSPS) is 12.8. The third-order valence-electron chi connectivity index (χ3n) is 4.46. The van der Waals surface area contributed by atoms with Crippen LogP contribution >= 0.6 is 0 Å². The molecule has 10 heteroatoms. The second-order valence-electron chi connectivity index (χ2n) is 6.84. The summed E-state index contributed by atoms with van der Waals surface area (Å²) in [6, 6.07) is 9.56. The van der Waals surface area contributed by atoms with Crippen molar-refractivity contribution in [3.63, 3.8) is 0 Å². The number of amides is 1. The fraction of sp³-hybridized carbons (Fsp3) is 0.300. The second-order valence-corrected chi connectivity index (χ2v) is 6.84. The van der Waals surface area contributed by atoms with Gasteiger partial charge in [0.25, 0.3) is 0 Å². The Labute approximate surface area is 170 Å². The van der Waals surface area contributed by atoms with Crippen LogP contribution in [-0.4, -0.2) is 39.5 Å². The highest BCUT2D eigenvalue weighted by atomic mass is 19.4. The maximum Gasteiger partial charge on any atom is 0.416 e. The molecule has 1 aromatic carbocycles. The molecule has 7 nitrogen and oxygen atoms in total. The number of halogens is 3. The number of aryl methyl sites for hydroxylation is 1. The number of benzene rings is 1. The Kier molecular flexibility index (Phi) is 6.16. The smallest absolute Gasteiger partial charge is 0.337 e. The van der Waals surface area contributed by atoms with Crippen molar-refractivity contribution in [3.8, 4) is 11.4 Å². The Hall–Kier alpha value is -3.27. The summed E-state index contributed by atoms with van der Waals surface area (Å²) in [5.74, 6) is 0.405. The molecule has 0 fully saturated rings. The van der Waals surface area contributed by atoms with E-state index in [-0.39, 0.29) is 29.7 Å².